The molecule has 9 heteroatoms. The zero-order valence-electron chi connectivity index (χ0n) is 14.0. The van der Waals surface area contributed by atoms with Crippen LogP contribution in [0.4, 0.5) is 5.13 Å². The van der Waals surface area contributed by atoms with E-state index in [0.29, 0.717) is 17.3 Å². The molecule has 1 N–H and O–H groups in total. The van der Waals surface area contributed by atoms with Crippen molar-refractivity contribution in [2.75, 3.05) is 25.0 Å². The molecular weight excluding hydrogens is 372 g/mol. The fraction of sp³-hybridized carbons (Fsp3) is 0.294. The van der Waals surface area contributed by atoms with Gasteiger partial charge in [-0.05, 0) is 30.5 Å². The molecule has 26 heavy (non-hydrogen) atoms. The second-order valence-electron chi connectivity index (χ2n) is 5.69. The maximum atomic E-state index is 12.4. The molecular formula is C17H16N4O3S2. The molecule has 2 aromatic rings. The van der Waals surface area contributed by atoms with Crippen LogP contribution < -0.4 is 5.32 Å². The molecule has 1 aromatic carbocycles. The van der Waals surface area contributed by atoms with E-state index in [0.717, 1.165) is 34.2 Å². The number of esters is 1. The number of amidine groups is 1. The van der Waals surface area contributed by atoms with Gasteiger partial charge in [0.05, 0.1) is 35.4 Å². The second kappa shape index (κ2) is 7.08. The predicted molar refractivity (Wildman–Crippen MR) is 104 cm³/mol. The number of fused-ring (bicyclic) bond motifs is 2. The lowest BCUT2D eigenvalue weighted by Gasteiger charge is -2.15. The molecule has 134 valence electrons. The molecule has 2 aliphatic heterocycles. The van der Waals surface area contributed by atoms with E-state index in [1.807, 2.05) is 5.41 Å². The van der Waals surface area contributed by atoms with E-state index in [9.17, 15) is 9.59 Å². The third-order valence-corrected chi connectivity index (χ3v) is 5.82. The van der Waals surface area contributed by atoms with Crippen molar-refractivity contribution in [1.82, 2.24) is 9.88 Å². The highest BCUT2D eigenvalue weighted by Gasteiger charge is 2.27. The van der Waals surface area contributed by atoms with Gasteiger partial charge in [0.1, 0.15) is 0 Å². The van der Waals surface area contributed by atoms with Crippen LogP contribution in [0.25, 0.3) is 10.2 Å². The molecule has 0 atom stereocenters. The van der Waals surface area contributed by atoms with Gasteiger partial charge in [-0.3, -0.25) is 9.79 Å². The van der Waals surface area contributed by atoms with Gasteiger partial charge in [0, 0.05) is 12.2 Å². The molecule has 7 nitrogen and oxygen atoms in total. The first-order valence-electron chi connectivity index (χ1n) is 8.19. The summed E-state index contributed by atoms with van der Waals surface area (Å²) in [6, 6.07) is 5.18. The minimum Gasteiger partial charge on any atom is -0.462 e. The smallest absolute Gasteiger partial charge is 0.338 e. The first kappa shape index (κ1) is 17.0. The van der Waals surface area contributed by atoms with Crippen LogP contribution in [0.15, 0.2) is 34.3 Å². The molecule has 2 aliphatic rings. The van der Waals surface area contributed by atoms with Gasteiger partial charge in [0.25, 0.3) is 0 Å². The molecule has 3 heterocycles. The number of nitrogens with one attached hydrogen (secondary N) is 1. The number of ether oxygens (including phenoxy) is 1. The van der Waals surface area contributed by atoms with Gasteiger partial charge in [-0.2, -0.15) is 0 Å². The van der Waals surface area contributed by atoms with E-state index in [2.05, 4.69) is 20.2 Å². The molecule has 0 spiro atoms. The van der Waals surface area contributed by atoms with Gasteiger partial charge in [0.2, 0.25) is 5.91 Å². The van der Waals surface area contributed by atoms with E-state index < -0.39 is 0 Å². The third-order valence-electron chi connectivity index (χ3n) is 3.94. The van der Waals surface area contributed by atoms with E-state index in [1.165, 1.54) is 11.3 Å². The Labute approximate surface area is 158 Å². The molecule has 0 unspecified atom stereocenters. The fourth-order valence-corrected chi connectivity index (χ4v) is 4.64. The molecule has 0 fully saturated rings. The lowest BCUT2D eigenvalue weighted by Crippen LogP contribution is -2.24. The first-order chi connectivity index (χ1) is 12.6. The van der Waals surface area contributed by atoms with Crippen LogP contribution >= 0.6 is 23.1 Å². The van der Waals surface area contributed by atoms with E-state index >= 15 is 0 Å². The number of carbonyl (C=O) groups is 2. The van der Waals surface area contributed by atoms with Crippen molar-refractivity contribution in [1.29, 1.82) is 0 Å². The number of hydrogen-bond acceptors (Lipinski definition) is 8. The summed E-state index contributed by atoms with van der Waals surface area (Å²) < 4.78 is 5.84. The van der Waals surface area contributed by atoms with Crippen molar-refractivity contribution < 1.29 is 14.3 Å². The Morgan fingerprint density at radius 3 is 3.12 bits per heavy atom. The topological polar surface area (TPSA) is 83.9 Å². The quantitative estimate of drug-likeness (QED) is 0.793. The Morgan fingerprint density at radius 1 is 1.38 bits per heavy atom. The maximum Gasteiger partial charge on any atom is 0.338 e. The summed E-state index contributed by atoms with van der Waals surface area (Å²) in [7, 11) is 0. The summed E-state index contributed by atoms with van der Waals surface area (Å²) >= 11 is 2.90. The van der Waals surface area contributed by atoms with Crippen molar-refractivity contribution in [3.63, 3.8) is 0 Å². The van der Waals surface area contributed by atoms with Gasteiger partial charge in [-0.1, -0.05) is 23.1 Å². The molecule has 4 rings (SSSR count). The summed E-state index contributed by atoms with van der Waals surface area (Å²) in [6.45, 7) is 3.71. The van der Waals surface area contributed by atoms with Crippen LogP contribution in [-0.4, -0.2) is 46.6 Å². The zero-order valence-corrected chi connectivity index (χ0v) is 15.7. The molecule has 1 amide bonds. The standard InChI is InChI=1S/C17H16N4O3S2/c1-2-24-15(23)10-3-4-12-13(7-10)26-16(19-12)20-14(22)8-11-9-25-17-18-5-6-21(11)17/h3-4,7,9H,2,5-6,8H2,1H3,(H,19,20,22). The van der Waals surface area contributed by atoms with Crippen molar-refractivity contribution >= 4 is 55.5 Å². The van der Waals surface area contributed by atoms with Gasteiger partial charge in [-0.25, -0.2) is 9.78 Å². The lowest BCUT2D eigenvalue weighted by molar-refractivity contribution is -0.115. The highest BCUT2D eigenvalue weighted by molar-refractivity contribution is 8.16. The number of benzene rings is 1. The van der Waals surface area contributed by atoms with Gasteiger partial charge in [-0.15, -0.1) is 0 Å². The van der Waals surface area contributed by atoms with Crippen molar-refractivity contribution in [3.8, 4) is 0 Å². The maximum absolute atomic E-state index is 12.4. The van der Waals surface area contributed by atoms with Crippen molar-refractivity contribution in [2.45, 2.75) is 13.3 Å². The first-order valence-corrected chi connectivity index (χ1v) is 9.89. The van der Waals surface area contributed by atoms with Gasteiger partial charge in [0.15, 0.2) is 10.3 Å². The largest absolute Gasteiger partial charge is 0.462 e. The lowest BCUT2D eigenvalue weighted by atomic mass is 10.2. The number of rotatable bonds is 5. The van der Waals surface area contributed by atoms with Crippen LogP contribution in [0.2, 0.25) is 0 Å². The average molecular weight is 388 g/mol. The van der Waals surface area contributed by atoms with Gasteiger partial charge < -0.3 is 15.0 Å². The molecule has 0 saturated carbocycles. The van der Waals surface area contributed by atoms with Crippen LogP contribution in [0.3, 0.4) is 0 Å². The number of anilines is 1. The Kier molecular flexibility index (Phi) is 4.64. The fourth-order valence-electron chi connectivity index (χ4n) is 2.76. The Morgan fingerprint density at radius 2 is 2.27 bits per heavy atom. The zero-order chi connectivity index (χ0) is 18.1. The summed E-state index contributed by atoms with van der Waals surface area (Å²) in [5.41, 5.74) is 2.19. The summed E-state index contributed by atoms with van der Waals surface area (Å²) in [5.74, 6) is -0.475. The second-order valence-corrected chi connectivity index (χ2v) is 7.56. The number of amides is 1. The molecule has 0 saturated heterocycles. The van der Waals surface area contributed by atoms with E-state index in [1.54, 1.807) is 36.9 Å². The van der Waals surface area contributed by atoms with Crippen LogP contribution in [-0.2, 0) is 9.53 Å². The van der Waals surface area contributed by atoms with Crippen molar-refractivity contribution in [2.24, 2.45) is 4.99 Å². The van der Waals surface area contributed by atoms with Crippen LogP contribution in [0.1, 0.15) is 23.7 Å². The Hall–Kier alpha value is -2.39. The molecule has 0 aliphatic carbocycles. The molecule has 0 radical (unpaired) electrons. The van der Waals surface area contributed by atoms with Crippen molar-refractivity contribution in [3.05, 3.63) is 34.9 Å². The van der Waals surface area contributed by atoms with E-state index in [-0.39, 0.29) is 18.3 Å². The third kappa shape index (κ3) is 3.32. The minimum atomic E-state index is -0.359. The van der Waals surface area contributed by atoms with Crippen LogP contribution in [0, 0.1) is 0 Å². The number of aliphatic imine (C=N–C) groups is 1. The number of hydrogen-bond donors (Lipinski definition) is 1. The summed E-state index contributed by atoms with van der Waals surface area (Å²) in [5, 5.41) is 6.31. The number of aromatic nitrogens is 1. The number of carbonyl (C=O) groups excluding carboxylic acids is 2. The monoisotopic (exact) mass is 388 g/mol. The number of thioether (sulfide) groups is 1. The SMILES string of the molecule is CCOC(=O)c1ccc2nc(NC(=O)CC3=CSC4=NCCN34)sc2c1. The highest BCUT2D eigenvalue weighted by Crippen LogP contribution is 2.32. The highest BCUT2D eigenvalue weighted by atomic mass is 32.2. The molecule has 1 aromatic heterocycles. The number of thiazole rings is 1. The van der Waals surface area contributed by atoms with Crippen LogP contribution in [0.5, 0.6) is 0 Å². The predicted octanol–water partition coefficient (Wildman–Crippen LogP) is 3.06. The molecule has 0 bridgehead atoms. The van der Waals surface area contributed by atoms with Gasteiger partial charge >= 0.3 is 5.97 Å². The Balaban J connectivity index is 1.44. The normalized spacial score (nSPS) is 15.7. The Bertz CT molecular complexity index is 951. The summed E-state index contributed by atoms with van der Waals surface area (Å²) in [4.78, 5) is 35.1. The minimum absolute atomic E-state index is 0.116. The summed E-state index contributed by atoms with van der Waals surface area (Å²) in [6.07, 6.45) is 0.288. The average Bonchev–Trinajstić information content (AvgIpc) is 3.31. The van der Waals surface area contributed by atoms with E-state index in [4.69, 9.17) is 4.74 Å². The number of nitrogens with zero attached hydrogens (tertiary/aromatic N) is 3.